The smallest absolute Gasteiger partial charge is 0.242 e. The second-order valence-corrected chi connectivity index (χ2v) is 7.10. The molecule has 1 saturated heterocycles. The summed E-state index contributed by atoms with van der Waals surface area (Å²) in [4.78, 5) is 20.9. The Morgan fingerprint density at radius 3 is 2.37 bits per heavy atom. The molecule has 1 aliphatic carbocycles. The average Bonchev–Trinajstić information content (AvgIpc) is 3.21. The zero-order valence-electron chi connectivity index (χ0n) is 15.3. The molecule has 4 rings (SSSR count). The van der Waals surface area contributed by atoms with Crippen LogP contribution in [-0.4, -0.2) is 57.6 Å². The minimum Gasteiger partial charge on any atom is -0.339 e. The fraction of sp³-hybridized carbons (Fsp3) is 0.500. The third kappa shape index (κ3) is 4.79. The number of nitrogens with two attached hydrogens (primary N) is 1. The van der Waals surface area contributed by atoms with Crippen LogP contribution >= 0.6 is 24.8 Å². The Hall–Kier alpha value is -1.67. The third-order valence-electron chi connectivity index (χ3n) is 5.01. The molecule has 0 atom stereocenters. The van der Waals surface area contributed by atoms with Crippen LogP contribution in [0, 0.1) is 6.92 Å². The van der Waals surface area contributed by atoms with Gasteiger partial charge in [0.25, 0.3) is 0 Å². The first-order valence-electron chi connectivity index (χ1n) is 8.74. The lowest BCUT2D eigenvalue weighted by Crippen LogP contribution is -2.53. The summed E-state index contributed by atoms with van der Waals surface area (Å²) in [5.41, 5.74) is 7.59. The highest BCUT2D eigenvalue weighted by atomic mass is 35.5. The molecule has 1 saturated carbocycles. The lowest BCUT2D eigenvalue weighted by Gasteiger charge is -2.35. The maximum atomic E-state index is 12.3. The lowest BCUT2D eigenvalue weighted by molar-refractivity contribution is -0.135. The van der Waals surface area contributed by atoms with Crippen LogP contribution in [0.3, 0.4) is 0 Å². The number of aryl methyl sites for hydroxylation is 1. The Kier molecular flexibility index (Phi) is 6.86. The Morgan fingerprint density at radius 1 is 1.15 bits per heavy atom. The molecule has 0 unspecified atom stereocenters. The van der Waals surface area contributed by atoms with Gasteiger partial charge < -0.3 is 15.2 Å². The highest BCUT2D eigenvalue weighted by Crippen LogP contribution is 2.34. The second-order valence-electron chi connectivity index (χ2n) is 7.10. The summed E-state index contributed by atoms with van der Waals surface area (Å²) < 4.78 is 5.39. The quantitative estimate of drug-likeness (QED) is 0.824. The van der Waals surface area contributed by atoms with Crippen LogP contribution in [0.4, 0.5) is 0 Å². The summed E-state index contributed by atoms with van der Waals surface area (Å²) in [6.07, 6.45) is 1.63. The van der Waals surface area contributed by atoms with Gasteiger partial charge in [-0.25, -0.2) is 0 Å². The van der Waals surface area contributed by atoms with E-state index in [1.807, 2.05) is 36.1 Å². The predicted molar refractivity (Wildman–Crippen MR) is 107 cm³/mol. The van der Waals surface area contributed by atoms with E-state index < -0.39 is 5.54 Å². The van der Waals surface area contributed by atoms with Crippen molar-refractivity contribution in [2.45, 2.75) is 31.8 Å². The second kappa shape index (κ2) is 8.56. The van der Waals surface area contributed by atoms with Crippen LogP contribution in [0.25, 0.3) is 11.4 Å². The van der Waals surface area contributed by atoms with Crippen molar-refractivity contribution in [3.63, 3.8) is 0 Å². The largest absolute Gasteiger partial charge is 0.339 e. The van der Waals surface area contributed by atoms with Crippen molar-refractivity contribution in [3.8, 4) is 11.4 Å². The third-order valence-corrected chi connectivity index (χ3v) is 5.01. The van der Waals surface area contributed by atoms with Crippen LogP contribution in [0.5, 0.6) is 0 Å². The molecule has 7 nitrogen and oxygen atoms in total. The van der Waals surface area contributed by atoms with Gasteiger partial charge in [0.15, 0.2) is 0 Å². The van der Waals surface area contributed by atoms with Gasteiger partial charge in [-0.1, -0.05) is 35.0 Å². The monoisotopic (exact) mass is 413 g/mol. The molecule has 2 heterocycles. The molecule has 2 aliphatic rings. The molecule has 148 valence electrons. The molecule has 1 aliphatic heterocycles. The molecule has 2 aromatic rings. The number of benzene rings is 1. The fourth-order valence-corrected chi connectivity index (χ4v) is 3.10. The fourth-order valence-electron chi connectivity index (χ4n) is 3.10. The van der Waals surface area contributed by atoms with Gasteiger partial charge in [0.2, 0.25) is 17.6 Å². The maximum absolute atomic E-state index is 12.3. The summed E-state index contributed by atoms with van der Waals surface area (Å²) in [5.74, 6) is 1.32. The van der Waals surface area contributed by atoms with Crippen molar-refractivity contribution in [2.24, 2.45) is 5.73 Å². The Balaban J connectivity index is 0.00000131. The number of carbonyl (C=O) groups excluding carboxylic acids is 1. The number of nitrogens with zero attached hydrogens (tertiary/aromatic N) is 4. The van der Waals surface area contributed by atoms with Crippen molar-refractivity contribution in [2.75, 3.05) is 26.2 Å². The minimum atomic E-state index is -0.572. The number of aromatic nitrogens is 2. The Bertz CT molecular complexity index is 768. The van der Waals surface area contributed by atoms with Crippen molar-refractivity contribution >= 4 is 30.7 Å². The standard InChI is InChI=1S/C18H23N5O2.2ClH/c1-13-2-4-14(5-3-13)16-20-15(25-21-16)12-22-8-10-23(11-9-22)17(24)18(19)6-7-18;;/h2-5H,6-12,19H2,1H3;2*1H. The number of hydrogen-bond donors (Lipinski definition) is 1. The average molecular weight is 414 g/mol. The minimum absolute atomic E-state index is 0. The predicted octanol–water partition coefficient (Wildman–Crippen LogP) is 2.02. The van der Waals surface area contributed by atoms with Crippen molar-refractivity contribution in [3.05, 3.63) is 35.7 Å². The zero-order valence-corrected chi connectivity index (χ0v) is 16.9. The van der Waals surface area contributed by atoms with Gasteiger partial charge in [-0.15, -0.1) is 24.8 Å². The lowest BCUT2D eigenvalue weighted by atomic mass is 10.1. The Labute approximate surface area is 171 Å². The van der Waals surface area contributed by atoms with Crippen molar-refractivity contribution in [1.29, 1.82) is 0 Å². The first-order chi connectivity index (χ1) is 12.0. The molecule has 0 spiro atoms. The van der Waals surface area contributed by atoms with Gasteiger partial charge in [0.1, 0.15) is 0 Å². The van der Waals surface area contributed by atoms with Crippen molar-refractivity contribution < 1.29 is 9.32 Å². The molecular formula is C18H25Cl2N5O2. The summed E-state index contributed by atoms with van der Waals surface area (Å²) in [6.45, 7) is 5.65. The number of halogens is 2. The summed E-state index contributed by atoms with van der Waals surface area (Å²) in [6, 6.07) is 8.06. The van der Waals surface area contributed by atoms with E-state index >= 15 is 0 Å². The molecule has 2 N–H and O–H groups in total. The number of rotatable bonds is 4. The first-order valence-corrected chi connectivity index (χ1v) is 8.74. The molecule has 0 radical (unpaired) electrons. The zero-order chi connectivity index (χ0) is 17.4. The topological polar surface area (TPSA) is 88.5 Å². The number of carbonyl (C=O) groups is 1. The molecular weight excluding hydrogens is 389 g/mol. The maximum Gasteiger partial charge on any atom is 0.242 e. The molecule has 9 heteroatoms. The highest BCUT2D eigenvalue weighted by molar-refractivity contribution is 5.89. The number of amides is 1. The molecule has 0 bridgehead atoms. The normalized spacial score (nSPS) is 18.4. The molecule has 1 amide bonds. The Morgan fingerprint density at radius 2 is 1.78 bits per heavy atom. The summed E-state index contributed by atoms with van der Waals surface area (Å²) >= 11 is 0. The van der Waals surface area contributed by atoms with Crippen LogP contribution in [0.2, 0.25) is 0 Å². The van der Waals surface area contributed by atoms with E-state index in [2.05, 4.69) is 15.0 Å². The van der Waals surface area contributed by atoms with E-state index in [1.54, 1.807) is 0 Å². The van der Waals surface area contributed by atoms with Crippen LogP contribution < -0.4 is 5.73 Å². The van der Waals surface area contributed by atoms with E-state index in [9.17, 15) is 4.79 Å². The van der Waals surface area contributed by atoms with Crippen LogP contribution in [0.1, 0.15) is 24.3 Å². The van der Waals surface area contributed by atoms with E-state index in [0.29, 0.717) is 31.3 Å². The first kappa shape index (κ1) is 21.6. The van der Waals surface area contributed by atoms with E-state index in [-0.39, 0.29) is 30.7 Å². The van der Waals surface area contributed by atoms with Gasteiger partial charge in [0, 0.05) is 31.7 Å². The molecule has 2 fully saturated rings. The van der Waals surface area contributed by atoms with E-state index in [0.717, 1.165) is 31.5 Å². The van der Waals surface area contributed by atoms with Gasteiger partial charge >= 0.3 is 0 Å². The van der Waals surface area contributed by atoms with Crippen LogP contribution in [0.15, 0.2) is 28.8 Å². The van der Waals surface area contributed by atoms with Gasteiger partial charge in [-0.2, -0.15) is 4.98 Å². The molecule has 27 heavy (non-hydrogen) atoms. The van der Waals surface area contributed by atoms with Gasteiger partial charge in [0.05, 0.1) is 12.1 Å². The highest BCUT2D eigenvalue weighted by Gasteiger charge is 2.48. The van der Waals surface area contributed by atoms with Gasteiger partial charge in [-0.3, -0.25) is 9.69 Å². The molecule has 1 aromatic carbocycles. The number of hydrogen-bond acceptors (Lipinski definition) is 6. The molecule has 1 aromatic heterocycles. The van der Waals surface area contributed by atoms with Gasteiger partial charge in [-0.05, 0) is 19.8 Å². The van der Waals surface area contributed by atoms with Crippen LogP contribution in [-0.2, 0) is 11.3 Å². The summed E-state index contributed by atoms with van der Waals surface area (Å²) in [7, 11) is 0. The SMILES string of the molecule is Cc1ccc(-c2noc(CN3CCN(C(=O)C4(N)CC4)CC3)n2)cc1.Cl.Cl. The van der Waals surface area contributed by atoms with E-state index in [4.69, 9.17) is 10.3 Å². The van der Waals surface area contributed by atoms with Crippen molar-refractivity contribution in [1.82, 2.24) is 19.9 Å². The number of piperazine rings is 1. The summed E-state index contributed by atoms with van der Waals surface area (Å²) in [5, 5.41) is 4.07. The van der Waals surface area contributed by atoms with E-state index in [1.165, 1.54) is 5.56 Å².